The van der Waals surface area contributed by atoms with E-state index in [1.165, 1.54) is 6.26 Å². The summed E-state index contributed by atoms with van der Waals surface area (Å²) in [5, 5.41) is 3.24. The van der Waals surface area contributed by atoms with Crippen molar-refractivity contribution in [2.24, 2.45) is 4.99 Å². The summed E-state index contributed by atoms with van der Waals surface area (Å²) >= 11 is 0. The number of amides is 1. The number of carbonyl (C=O) groups is 1. The normalized spacial score (nSPS) is 16.2. The molecular formula is C14H22N4O3. The van der Waals surface area contributed by atoms with Crippen LogP contribution in [-0.2, 0) is 4.74 Å². The van der Waals surface area contributed by atoms with Gasteiger partial charge in [-0.3, -0.25) is 9.79 Å². The van der Waals surface area contributed by atoms with Crippen molar-refractivity contribution < 1.29 is 13.9 Å². The van der Waals surface area contributed by atoms with Crippen LogP contribution in [0, 0.1) is 0 Å². The maximum Gasteiger partial charge on any atom is 0.289 e. The standard InChI is InChI=1S/C14H22N4O3/c1-15-14(16-5-11-20-2)18-8-6-17(7-9-18)13(19)12-4-3-10-21-12/h3-4,10H,5-9,11H2,1-2H3,(H,15,16). The van der Waals surface area contributed by atoms with Gasteiger partial charge in [-0.1, -0.05) is 0 Å². The predicted molar refractivity (Wildman–Crippen MR) is 79.4 cm³/mol. The molecule has 1 aromatic rings. The molecule has 7 nitrogen and oxygen atoms in total. The average Bonchev–Trinajstić information content (AvgIpc) is 3.06. The fourth-order valence-corrected chi connectivity index (χ4v) is 2.27. The number of ether oxygens (including phenoxy) is 1. The van der Waals surface area contributed by atoms with Crippen molar-refractivity contribution in [3.05, 3.63) is 24.2 Å². The van der Waals surface area contributed by atoms with Gasteiger partial charge in [-0.25, -0.2) is 0 Å². The quantitative estimate of drug-likeness (QED) is 0.490. The minimum Gasteiger partial charge on any atom is -0.459 e. The van der Waals surface area contributed by atoms with E-state index in [2.05, 4.69) is 15.2 Å². The van der Waals surface area contributed by atoms with Crippen molar-refractivity contribution in [2.45, 2.75) is 0 Å². The summed E-state index contributed by atoms with van der Waals surface area (Å²) in [6.45, 7) is 4.16. The fourth-order valence-electron chi connectivity index (χ4n) is 2.27. The Morgan fingerprint density at radius 2 is 2.10 bits per heavy atom. The van der Waals surface area contributed by atoms with E-state index in [1.54, 1.807) is 31.2 Å². The highest BCUT2D eigenvalue weighted by Gasteiger charge is 2.24. The summed E-state index contributed by atoms with van der Waals surface area (Å²) in [6.07, 6.45) is 1.52. The minimum absolute atomic E-state index is 0.0537. The lowest BCUT2D eigenvalue weighted by molar-refractivity contribution is 0.0657. The molecular weight excluding hydrogens is 272 g/mol. The SMILES string of the molecule is CN=C(NCCOC)N1CCN(C(=O)c2ccco2)CC1. The summed E-state index contributed by atoms with van der Waals surface area (Å²) in [5.74, 6) is 1.19. The predicted octanol–water partition coefficient (Wildman–Crippen LogP) is 0.259. The van der Waals surface area contributed by atoms with E-state index in [1.807, 2.05) is 0 Å². The molecule has 0 bridgehead atoms. The first kappa shape index (κ1) is 15.4. The Morgan fingerprint density at radius 3 is 2.67 bits per heavy atom. The van der Waals surface area contributed by atoms with Gasteiger partial charge in [0.25, 0.3) is 5.91 Å². The van der Waals surface area contributed by atoms with E-state index in [0.29, 0.717) is 32.0 Å². The molecule has 1 aliphatic rings. The molecule has 2 heterocycles. The number of hydrogen-bond donors (Lipinski definition) is 1. The molecule has 0 aromatic carbocycles. The minimum atomic E-state index is -0.0537. The lowest BCUT2D eigenvalue weighted by Gasteiger charge is -2.36. The second kappa shape index (κ2) is 7.68. The van der Waals surface area contributed by atoms with Gasteiger partial charge in [0.15, 0.2) is 11.7 Å². The van der Waals surface area contributed by atoms with E-state index < -0.39 is 0 Å². The second-order valence-corrected chi connectivity index (χ2v) is 4.72. The number of nitrogens with one attached hydrogen (secondary N) is 1. The Morgan fingerprint density at radius 1 is 1.38 bits per heavy atom. The Balaban J connectivity index is 1.83. The van der Waals surface area contributed by atoms with Crippen LogP contribution in [0.3, 0.4) is 0 Å². The molecule has 1 amide bonds. The first-order valence-corrected chi connectivity index (χ1v) is 7.03. The fraction of sp³-hybridized carbons (Fsp3) is 0.571. The summed E-state index contributed by atoms with van der Waals surface area (Å²) in [5.41, 5.74) is 0. The van der Waals surface area contributed by atoms with E-state index in [-0.39, 0.29) is 5.91 Å². The monoisotopic (exact) mass is 294 g/mol. The molecule has 1 saturated heterocycles. The molecule has 116 valence electrons. The topological polar surface area (TPSA) is 70.3 Å². The largest absolute Gasteiger partial charge is 0.459 e. The van der Waals surface area contributed by atoms with Crippen LogP contribution in [0.4, 0.5) is 0 Å². The van der Waals surface area contributed by atoms with Crippen molar-refractivity contribution in [2.75, 3.05) is 53.5 Å². The number of hydrogen-bond acceptors (Lipinski definition) is 4. The zero-order chi connectivity index (χ0) is 15.1. The summed E-state index contributed by atoms with van der Waals surface area (Å²) in [7, 11) is 3.43. The van der Waals surface area contributed by atoms with E-state index in [4.69, 9.17) is 9.15 Å². The number of piperazine rings is 1. The Bertz CT molecular complexity index is 465. The molecule has 0 atom stereocenters. The number of rotatable bonds is 4. The van der Waals surface area contributed by atoms with Gasteiger partial charge in [0.2, 0.25) is 0 Å². The van der Waals surface area contributed by atoms with Crippen molar-refractivity contribution in [1.82, 2.24) is 15.1 Å². The molecule has 0 spiro atoms. The highest BCUT2D eigenvalue weighted by Crippen LogP contribution is 2.09. The number of guanidine groups is 1. The second-order valence-electron chi connectivity index (χ2n) is 4.72. The zero-order valence-electron chi connectivity index (χ0n) is 12.5. The number of carbonyl (C=O) groups excluding carboxylic acids is 1. The van der Waals surface area contributed by atoms with Gasteiger partial charge in [0.1, 0.15) is 0 Å². The van der Waals surface area contributed by atoms with Crippen molar-refractivity contribution in [1.29, 1.82) is 0 Å². The maximum absolute atomic E-state index is 12.2. The van der Waals surface area contributed by atoms with Crippen LogP contribution in [0.25, 0.3) is 0 Å². The molecule has 0 aliphatic carbocycles. The van der Waals surface area contributed by atoms with Crippen LogP contribution < -0.4 is 5.32 Å². The van der Waals surface area contributed by atoms with Crippen molar-refractivity contribution >= 4 is 11.9 Å². The van der Waals surface area contributed by atoms with Gasteiger partial charge in [0, 0.05) is 46.9 Å². The average molecular weight is 294 g/mol. The lowest BCUT2D eigenvalue weighted by Crippen LogP contribution is -2.54. The van der Waals surface area contributed by atoms with E-state index >= 15 is 0 Å². The summed E-state index contributed by atoms with van der Waals surface area (Å²) in [6, 6.07) is 3.42. The third-order valence-electron chi connectivity index (χ3n) is 3.40. The maximum atomic E-state index is 12.2. The highest BCUT2D eigenvalue weighted by molar-refractivity contribution is 5.91. The first-order valence-electron chi connectivity index (χ1n) is 7.03. The molecule has 7 heteroatoms. The Kier molecular flexibility index (Phi) is 5.62. The van der Waals surface area contributed by atoms with Crippen LogP contribution in [0.5, 0.6) is 0 Å². The lowest BCUT2D eigenvalue weighted by atomic mass is 10.3. The number of aliphatic imine (C=N–C) groups is 1. The molecule has 1 N–H and O–H groups in total. The van der Waals surface area contributed by atoms with Gasteiger partial charge in [-0.2, -0.15) is 0 Å². The van der Waals surface area contributed by atoms with Crippen LogP contribution in [-0.4, -0.2) is 75.2 Å². The third kappa shape index (κ3) is 3.98. The first-order chi connectivity index (χ1) is 10.3. The Labute approximate surface area is 124 Å². The number of furan rings is 1. The summed E-state index contributed by atoms with van der Waals surface area (Å²) in [4.78, 5) is 20.4. The molecule has 2 rings (SSSR count). The molecule has 0 unspecified atom stereocenters. The number of nitrogens with zero attached hydrogens (tertiary/aromatic N) is 3. The zero-order valence-corrected chi connectivity index (χ0v) is 12.5. The van der Waals surface area contributed by atoms with E-state index in [0.717, 1.165) is 19.0 Å². The molecule has 1 aromatic heterocycles. The van der Waals surface area contributed by atoms with E-state index in [9.17, 15) is 4.79 Å². The van der Waals surface area contributed by atoms with Gasteiger partial charge >= 0.3 is 0 Å². The molecule has 1 aliphatic heterocycles. The third-order valence-corrected chi connectivity index (χ3v) is 3.40. The number of methoxy groups -OCH3 is 1. The Hall–Kier alpha value is -2.02. The van der Waals surface area contributed by atoms with Gasteiger partial charge in [0.05, 0.1) is 12.9 Å². The molecule has 1 fully saturated rings. The molecule has 0 saturated carbocycles. The smallest absolute Gasteiger partial charge is 0.289 e. The summed E-state index contributed by atoms with van der Waals surface area (Å²) < 4.78 is 10.2. The molecule has 21 heavy (non-hydrogen) atoms. The van der Waals surface area contributed by atoms with Crippen LogP contribution in [0.2, 0.25) is 0 Å². The van der Waals surface area contributed by atoms with Crippen molar-refractivity contribution in [3.8, 4) is 0 Å². The van der Waals surface area contributed by atoms with Crippen LogP contribution >= 0.6 is 0 Å². The van der Waals surface area contributed by atoms with Crippen molar-refractivity contribution in [3.63, 3.8) is 0 Å². The van der Waals surface area contributed by atoms with Crippen LogP contribution in [0.15, 0.2) is 27.8 Å². The van der Waals surface area contributed by atoms with Gasteiger partial charge in [-0.15, -0.1) is 0 Å². The highest BCUT2D eigenvalue weighted by atomic mass is 16.5. The van der Waals surface area contributed by atoms with Gasteiger partial charge < -0.3 is 24.3 Å². The van der Waals surface area contributed by atoms with Crippen LogP contribution in [0.1, 0.15) is 10.6 Å². The van der Waals surface area contributed by atoms with Gasteiger partial charge in [-0.05, 0) is 12.1 Å². The molecule has 0 radical (unpaired) electrons.